The number of pyridine rings is 1. The number of imidazole rings is 1. The van der Waals surface area contributed by atoms with Crippen LogP contribution in [-0.2, 0) is 9.59 Å². The fourth-order valence-corrected chi connectivity index (χ4v) is 3.54. The first-order valence-electron chi connectivity index (χ1n) is 8.46. The number of carbonyl (C=O) groups is 2. The van der Waals surface area contributed by atoms with E-state index in [-0.39, 0.29) is 18.4 Å². The quantitative estimate of drug-likeness (QED) is 0.935. The molecule has 1 fully saturated rings. The molecule has 2 aromatic rings. The van der Waals surface area contributed by atoms with Crippen molar-refractivity contribution < 1.29 is 14.7 Å². The molecule has 3 rings (SSSR count). The van der Waals surface area contributed by atoms with Crippen molar-refractivity contribution in [3.05, 3.63) is 29.6 Å². The predicted octanol–water partition coefficient (Wildman–Crippen LogP) is 3.13. The second-order valence-corrected chi connectivity index (χ2v) is 6.59. The van der Waals surface area contributed by atoms with Gasteiger partial charge >= 0.3 is 5.97 Å². The molecule has 1 saturated carbocycles. The number of carbonyl (C=O) groups excluding carboxylic acids is 1. The molecule has 0 atom stereocenters. The van der Waals surface area contributed by atoms with Gasteiger partial charge in [-0.3, -0.25) is 18.9 Å². The van der Waals surface area contributed by atoms with Crippen molar-refractivity contribution in [3.8, 4) is 0 Å². The Kier molecular flexibility index (Phi) is 4.55. The first kappa shape index (κ1) is 16.5. The van der Waals surface area contributed by atoms with E-state index < -0.39 is 5.97 Å². The van der Waals surface area contributed by atoms with Crippen molar-refractivity contribution in [2.75, 3.05) is 11.4 Å². The molecular formula is C18H23N3O3. The van der Waals surface area contributed by atoms with Crippen molar-refractivity contribution in [3.63, 3.8) is 0 Å². The third-order valence-electron chi connectivity index (χ3n) is 4.70. The van der Waals surface area contributed by atoms with E-state index >= 15 is 0 Å². The summed E-state index contributed by atoms with van der Waals surface area (Å²) in [7, 11) is 0. The zero-order chi connectivity index (χ0) is 17.3. The van der Waals surface area contributed by atoms with Crippen molar-refractivity contribution in [1.29, 1.82) is 0 Å². The lowest BCUT2D eigenvalue weighted by Crippen LogP contribution is -2.35. The molecule has 0 saturated heterocycles. The summed E-state index contributed by atoms with van der Waals surface area (Å²) in [5.74, 6) is -0.407. The highest BCUT2D eigenvalue weighted by atomic mass is 16.4. The molecule has 0 bridgehead atoms. The Balaban J connectivity index is 2.17. The van der Waals surface area contributed by atoms with Gasteiger partial charge in [-0.05, 0) is 37.5 Å². The van der Waals surface area contributed by atoms with E-state index in [0.717, 1.165) is 42.6 Å². The third kappa shape index (κ3) is 3.13. The maximum absolute atomic E-state index is 12.1. The van der Waals surface area contributed by atoms with Gasteiger partial charge in [-0.2, -0.15) is 0 Å². The minimum absolute atomic E-state index is 0.281. The number of aliphatic carboxylic acids is 1. The molecule has 0 spiro atoms. The molecule has 128 valence electrons. The lowest BCUT2D eigenvalue weighted by Gasteiger charge is -2.25. The van der Waals surface area contributed by atoms with E-state index in [1.54, 1.807) is 0 Å². The van der Waals surface area contributed by atoms with Crippen LogP contribution in [0.15, 0.2) is 18.3 Å². The van der Waals surface area contributed by atoms with Crippen molar-refractivity contribution in [1.82, 2.24) is 9.38 Å². The van der Waals surface area contributed by atoms with Crippen LogP contribution in [0.1, 0.15) is 56.2 Å². The van der Waals surface area contributed by atoms with Crippen molar-refractivity contribution >= 4 is 23.3 Å². The number of nitrogens with zero attached hydrogens (tertiary/aromatic N) is 3. The molecule has 0 aromatic carbocycles. The molecule has 0 unspecified atom stereocenters. The molecule has 6 heteroatoms. The zero-order valence-electron chi connectivity index (χ0n) is 14.2. The van der Waals surface area contributed by atoms with Gasteiger partial charge in [0.05, 0.1) is 5.69 Å². The van der Waals surface area contributed by atoms with Gasteiger partial charge in [0.15, 0.2) is 0 Å². The van der Waals surface area contributed by atoms with Gasteiger partial charge in [-0.1, -0.05) is 19.3 Å². The maximum atomic E-state index is 12.1. The number of hydrogen-bond acceptors (Lipinski definition) is 3. The van der Waals surface area contributed by atoms with Gasteiger partial charge in [0.2, 0.25) is 5.91 Å². The Bertz CT molecular complexity index is 775. The third-order valence-corrected chi connectivity index (χ3v) is 4.70. The predicted molar refractivity (Wildman–Crippen MR) is 91.4 cm³/mol. The number of fused-ring (bicyclic) bond motifs is 1. The first-order valence-corrected chi connectivity index (χ1v) is 8.46. The minimum atomic E-state index is -1.03. The van der Waals surface area contributed by atoms with E-state index in [1.807, 2.05) is 29.7 Å². The Morgan fingerprint density at radius 2 is 2.04 bits per heavy atom. The van der Waals surface area contributed by atoms with Gasteiger partial charge in [0.1, 0.15) is 18.0 Å². The fourth-order valence-electron chi connectivity index (χ4n) is 3.54. The summed E-state index contributed by atoms with van der Waals surface area (Å²) in [5.41, 5.74) is 2.71. The Hall–Kier alpha value is -2.37. The van der Waals surface area contributed by atoms with Crippen LogP contribution in [0, 0.1) is 6.92 Å². The molecule has 2 heterocycles. The normalized spacial score (nSPS) is 15.6. The summed E-state index contributed by atoms with van der Waals surface area (Å²) in [4.78, 5) is 29.5. The Morgan fingerprint density at radius 3 is 2.67 bits per heavy atom. The molecule has 0 radical (unpaired) electrons. The second kappa shape index (κ2) is 6.63. The number of carboxylic acids is 1. The largest absolute Gasteiger partial charge is 0.480 e. The minimum Gasteiger partial charge on any atom is -0.480 e. The average molecular weight is 329 g/mol. The number of aryl methyl sites for hydroxylation is 1. The van der Waals surface area contributed by atoms with Crippen LogP contribution in [-0.4, -0.2) is 32.9 Å². The SMILES string of the molecule is CC(=O)N(CC(=O)O)c1c(C2CCCCC2)nc2cc(C)ccn12. The van der Waals surface area contributed by atoms with Gasteiger partial charge in [0, 0.05) is 19.0 Å². The Labute approximate surface area is 141 Å². The highest BCUT2D eigenvalue weighted by Crippen LogP contribution is 2.38. The van der Waals surface area contributed by atoms with Crippen LogP contribution in [0.2, 0.25) is 0 Å². The van der Waals surface area contributed by atoms with Crippen LogP contribution in [0.25, 0.3) is 5.65 Å². The van der Waals surface area contributed by atoms with Crippen LogP contribution in [0.5, 0.6) is 0 Å². The number of hydrogen-bond donors (Lipinski definition) is 1. The molecular weight excluding hydrogens is 306 g/mol. The van der Waals surface area contributed by atoms with Crippen LogP contribution in [0.4, 0.5) is 5.82 Å². The number of amides is 1. The van der Waals surface area contributed by atoms with E-state index in [2.05, 4.69) is 0 Å². The monoisotopic (exact) mass is 329 g/mol. The number of aromatic nitrogens is 2. The summed E-state index contributed by atoms with van der Waals surface area (Å²) in [6.45, 7) is 3.05. The summed E-state index contributed by atoms with van der Waals surface area (Å²) in [5, 5.41) is 9.23. The number of anilines is 1. The summed E-state index contributed by atoms with van der Waals surface area (Å²) >= 11 is 0. The molecule has 1 aliphatic carbocycles. The van der Waals surface area contributed by atoms with E-state index in [1.165, 1.54) is 18.2 Å². The van der Waals surface area contributed by atoms with Crippen molar-refractivity contribution in [2.24, 2.45) is 0 Å². The Morgan fingerprint density at radius 1 is 1.33 bits per heavy atom. The average Bonchev–Trinajstić information content (AvgIpc) is 2.91. The van der Waals surface area contributed by atoms with E-state index in [0.29, 0.717) is 5.82 Å². The topological polar surface area (TPSA) is 74.9 Å². The van der Waals surface area contributed by atoms with Gasteiger partial charge in [0.25, 0.3) is 0 Å². The highest BCUT2D eigenvalue weighted by Gasteiger charge is 2.29. The number of rotatable bonds is 4. The molecule has 24 heavy (non-hydrogen) atoms. The van der Waals surface area contributed by atoms with Crippen LogP contribution in [0.3, 0.4) is 0 Å². The van der Waals surface area contributed by atoms with E-state index in [4.69, 9.17) is 4.98 Å². The highest BCUT2D eigenvalue weighted by molar-refractivity contribution is 5.96. The second-order valence-electron chi connectivity index (χ2n) is 6.59. The van der Waals surface area contributed by atoms with Gasteiger partial charge in [-0.15, -0.1) is 0 Å². The molecule has 2 aromatic heterocycles. The molecule has 1 aliphatic rings. The zero-order valence-corrected chi connectivity index (χ0v) is 14.2. The van der Waals surface area contributed by atoms with Crippen LogP contribution >= 0.6 is 0 Å². The fraction of sp³-hybridized carbons (Fsp3) is 0.500. The van der Waals surface area contributed by atoms with Gasteiger partial charge in [-0.25, -0.2) is 4.98 Å². The first-order chi connectivity index (χ1) is 11.5. The van der Waals surface area contributed by atoms with Crippen LogP contribution < -0.4 is 4.90 Å². The maximum Gasteiger partial charge on any atom is 0.323 e. The molecule has 1 N–H and O–H groups in total. The molecule has 0 aliphatic heterocycles. The summed E-state index contributed by atoms with van der Waals surface area (Å²) in [6, 6.07) is 3.91. The lowest BCUT2D eigenvalue weighted by atomic mass is 9.87. The molecule has 1 amide bonds. The molecule has 6 nitrogen and oxygen atoms in total. The summed E-state index contributed by atoms with van der Waals surface area (Å²) in [6.07, 6.45) is 7.47. The van der Waals surface area contributed by atoms with E-state index in [9.17, 15) is 14.7 Å². The number of carboxylic acid groups (broad SMARTS) is 1. The lowest BCUT2D eigenvalue weighted by molar-refractivity contribution is -0.136. The van der Waals surface area contributed by atoms with Crippen molar-refractivity contribution in [2.45, 2.75) is 51.9 Å². The van der Waals surface area contributed by atoms with Gasteiger partial charge < -0.3 is 5.11 Å². The summed E-state index contributed by atoms with van der Waals surface area (Å²) < 4.78 is 1.85. The smallest absolute Gasteiger partial charge is 0.323 e. The standard InChI is InChI=1S/C18H23N3O3/c1-12-8-9-20-15(10-12)19-17(14-6-4-3-5-7-14)18(20)21(13(2)22)11-16(23)24/h8-10,14H,3-7,11H2,1-2H3,(H,23,24).